The molecule has 0 saturated heterocycles. The van der Waals surface area contributed by atoms with Gasteiger partial charge in [-0.25, -0.2) is 9.97 Å². The van der Waals surface area contributed by atoms with Crippen LogP contribution in [0.25, 0.3) is 0 Å². The van der Waals surface area contributed by atoms with Gasteiger partial charge in [0.05, 0.1) is 5.25 Å². The van der Waals surface area contributed by atoms with Gasteiger partial charge in [0.1, 0.15) is 5.69 Å². The van der Waals surface area contributed by atoms with Crippen molar-refractivity contribution in [2.75, 3.05) is 0 Å². The Morgan fingerprint density at radius 3 is 2.57 bits per heavy atom. The van der Waals surface area contributed by atoms with Gasteiger partial charge >= 0.3 is 6.18 Å². The first-order valence-corrected chi connectivity index (χ1v) is 7.32. The highest BCUT2D eigenvalue weighted by Crippen LogP contribution is 2.29. The number of nitrogens with zero attached hydrogens (tertiary/aromatic N) is 2. The molecule has 0 bridgehead atoms. The fraction of sp³-hybridized carbons (Fsp3) is 0.615. The minimum atomic E-state index is -4.52. The summed E-state index contributed by atoms with van der Waals surface area (Å²) in [5, 5.41) is 2.18. The zero-order chi connectivity index (χ0) is 16.3. The maximum Gasteiger partial charge on any atom is 0.433 e. The molecule has 1 aromatic heterocycles. The summed E-state index contributed by atoms with van der Waals surface area (Å²) < 4.78 is 37.7. The van der Waals surface area contributed by atoms with Gasteiger partial charge in [-0.1, -0.05) is 18.7 Å². The second kappa shape index (κ2) is 6.64. The van der Waals surface area contributed by atoms with Crippen LogP contribution in [0, 0.1) is 0 Å². The Hall–Kier alpha value is -1.31. The van der Waals surface area contributed by atoms with Crippen LogP contribution in [0.15, 0.2) is 17.4 Å². The summed E-state index contributed by atoms with van der Waals surface area (Å²) in [6.07, 6.45) is -2.73. The normalized spacial score (nSPS) is 13.9. The van der Waals surface area contributed by atoms with Crippen molar-refractivity contribution in [3.05, 3.63) is 18.0 Å². The summed E-state index contributed by atoms with van der Waals surface area (Å²) in [6.45, 7) is 7.30. The minimum Gasteiger partial charge on any atom is -0.350 e. The Kier molecular flexibility index (Phi) is 5.61. The summed E-state index contributed by atoms with van der Waals surface area (Å²) in [4.78, 5) is 19.2. The van der Waals surface area contributed by atoms with Crippen LogP contribution >= 0.6 is 11.8 Å². The summed E-state index contributed by atoms with van der Waals surface area (Å²) in [5.41, 5.74) is -1.37. The minimum absolute atomic E-state index is 0.0678. The average molecular weight is 321 g/mol. The van der Waals surface area contributed by atoms with Crippen molar-refractivity contribution in [1.82, 2.24) is 15.3 Å². The first-order valence-electron chi connectivity index (χ1n) is 6.44. The molecule has 1 amide bonds. The van der Waals surface area contributed by atoms with E-state index in [0.29, 0.717) is 0 Å². The molecule has 4 nitrogen and oxygen atoms in total. The van der Waals surface area contributed by atoms with Crippen molar-refractivity contribution in [3.63, 3.8) is 0 Å². The third-order valence-electron chi connectivity index (χ3n) is 2.92. The van der Waals surface area contributed by atoms with Crippen LogP contribution in [0.5, 0.6) is 0 Å². The van der Waals surface area contributed by atoms with Crippen LogP contribution in [-0.2, 0) is 11.0 Å². The molecular formula is C13H18F3N3OS. The number of aromatic nitrogens is 2. The van der Waals surface area contributed by atoms with E-state index in [1.807, 2.05) is 20.8 Å². The van der Waals surface area contributed by atoms with Gasteiger partial charge in [0.2, 0.25) is 5.91 Å². The van der Waals surface area contributed by atoms with Gasteiger partial charge in [0.15, 0.2) is 5.16 Å². The first kappa shape index (κ1) is 17.7. The van der Waals surface area contributed by atoms with E-state index in [1.165, 1.54) is 0 Å². The third-order valence-corrected chi connectivity index (χ3v) is 3.90. The smallest absolute Gasteiger partial charge is 0.350 e. The highest BCUT2D eigenvalue weighted by molar-refractivity contribution is 8.00. The summed E-state index contributed by atoms with van der Waals surface area (Å²) in [7, 11) is 0. The largest absolute Gasteiger partial charge is 0.433 e. The molecule has 1 rings (SSSR count). The lowest BCUT2D eigenvalue weighted by Gasteiger charge is -2.26. The van der Waals surface area contributed by atoms with Crippen LogP contribution in [-0.4, -0.2) is 26.7 Å². The molecule has 0 aliphatic rings. The van der Waals surface area contributed by atoms with Gasteiger partial charge < -0.3 is 5.32 Å². The van der Waals surface area contributed by atoms with E-state index in [9.17, 15) is 18.0 Å². The number of halogens is 3. The number of carbonyl (C=O) groups is 1. The monoisotopic (exact) mass is 321 g/mol. The predicted molar refractivity (Wildman–Crippen MR) is 74.9 cm³/mol. The molecule has 0 saturated carbocycles. The topological polar surface area (TPSA) is 54.9 Å². The average Bonchev–Trinajstić information content (AvgIpc) is 2.37. The number of hydrogen-bond donors (Lipinski definition) is 1. The van der Waals surface area contributed by atoms with E-state index in [0.717, 1.165) is 30.4 Å². The molecule has 0 spiro atoms. The van der Waals surface area contributed by atoms with Crippen LogP contribution in [0.2, 0.25) is 0 Å². The molecule has 118 valence electrons. The second-order valence-corrected chi connectivity index (χ2v) is 6.52. The van der Waals surface area contributed by atoms with E-state index in [4.69, 9.17) is 0 Å². The quantitative estimate of drug-likeness (QED) is 0.668. The third kappa shape index (κ3) is 5.53. The Labute approximate surface area is 125 Å². The van der Waals surface area contributed by atoms with E-state index in [2.05, 4.69) is 15.3 Å². The Morgan fingerprint density at radius 1 is 1.43 bits per heavy atom. The van der Waals surface area contributed by atoms with E-state index in [-0.39, 0.29) is 16.6 Å². The second-order valence-electron chi connectivity index (χ2n) is 5.21. The van der Waals surface area contributed by atoms with Gasteiger partial charge in [0.25, 0.3) is 0 Å². The highest BCUT2D eigenvalue weighted by atomic mass is 32.2. The summed E-state index contributed by atoms with van der Waals surface area (Å²) >= 11 is 0.899. The fourth-order valence-corrected chi connectivity index (χ4v) is 2.05. The van der Waals surface area contributed by atoms with Crippen LogP contribution < -0.4 is 5.32 Å². The number of thioether (sulfide) groups is 1. The van der Waals surface area contributed by atoms with Gasteiger partial charge in [-0.05, 0) is 33.3 Å². The molecule has 0 aliphatic carbocycles. The number of hydrogen-bond acceptors (Lipinski definition) is 4. The lowest BCUT2D eigenvalue weighted by Crippen LogP contribution is -2.46. The number of rotatable bonds is 5. The zero-order valence-electron chi connectivity index (χ0n) is 12.3. The van der Waals surface area contributed by atoms with Crippen LogP contribution in [0.3, 0.4) is 0 Å². The number of nitrogens with one attached hydrogen (secondary N) is 1. The number of carbonyl (C=O) groups excluding carboxylic acids is 1. The van der Waals surface area contributed by atoms with Crippen molar-refractivity contribution in [1.29, 1.82) is 0 Å². The first-order chi connectivity index (χ1) is 9.55. The molecule has 1 atom stereocenters. The van der Waals surface area contributed by atoms with Gasteiger partial charge in [-0.15, -0.1) is 0 Å². The molecule has 1 unspecified atom stereocenters. The molecule has 21 heavy (non-hydrogen) atoms. The Morgan fingerprint density at radius 2 is 2.05 bits per heavy atom. The van der Waals surface area contributed by atoms with Gasteiger partial charge in [-0.3, -0.25) is 4.79 Å². The summed E-state index contributed by atoms with van der Waals surface area (Å²) in [6, 6.07) is 0.801. The molecular weight excluding hydrogens is 303 g/mol. The lowest BCUT2D eigenvalue weighted by atomic mass is 10.0. The van der Waals surface area contributed by atoms with Crippen molar-refractivity contribution >= 4 is 17.7 Å². The number of alkyl halides is 3. The Bertz CT molecular complexity index is 506. The maximum atomic E-state index is 12.6. The Balaban J connectivity index is 2.75. The van der Waals surface area contributed by atoms with E-state index in [1.54, 1.807) is 6.92 Å². The van der Waals surface area contributed by atoms with E-state index < -0.39 is 17.1 Å². The molecule has 0 aliphatic heterocycles. The SMILES string of the molecule is CCC(C)(C)NC(=O)C(C)Sc1nccc(C(F)(F)F)n1. The van der Waals surface area contributed by atoms with Crippen molar-refractivity contribution < 1.29 is 18.0 Å². The van der Waals surface area contributed by atoms with Gasteiger partial charge in [-0.2, -0.15) is 13.2 Å². The molecule has 1 aromatic rings. The van der Waals surface area contributed by atoms with Crippen molar-refractivity contribution in [3.8, 4) is 0 Å². The van der Waals surface area contributed by atoms with Crippen LogP contribution in [0.1, 0.15) is 39.8 Å². The molecule has 1 heterocycles. The maximum absolute atomic E-state index is 12.6. The van der Waals surface area contributed by atoms with Crippen LogP contribution in [0.4, 0.5) is 13.2 Å². The van der Waals surface area contributed by atoms with Gasteiger partial charge in [0, 0.05) is 11.7 Å². The number of amides is 1. The predicted octanol–water partition coefficient (Wildman–Crippen LogP) is 3.28. The fourth-order valence-electron chi connectivity index (χ4n) is 1.29. The highest BCUT2D eigenvalue weighted by Gasteiger charge is 2.33. The zero-order valence-corrected chi connectivity index (χ0v) is 13.1. The van der Waals surface area contributed by atoms with Crippen molar-refractivity contribution in [2.45, 2.75) is 56.2 Å². The molecule has 8 heteroatoms. The molecule has 0 radical (unpaired) electrons. The van der Waals surface area contributed by atoms with E-state index >= 15 is 0 Å². The lowest BCUT2D eigenvalue weighted by molar-refractivity contribution is -0.141. The molecule has 0 aromatic carbocycles. The molecule has 1 N–H and O–H groups in total. The molecule has 0 fully saturated rings. The summed E-state index contributed by atoms with van der Waals surface area (Å²) in [5.74, 6) is -0.257. The van der Waals surface area contributed by atoms with Crippen molar-refractivity contribution in [2.24, 2.45) is 0 Å². The standard InChI is InChI=1S/C13H18F3N3OS/c1-5-12(3,4)19-10(20)8(2)21-11-17-7-6-9(18-11)13(14,15)16/h6-8H,5H2,1-4H3,(H,19,20).